The van der Waals surface area contributed by atoms with Crippen molar-refractivity contribution >= 4 is 17.2 Å². The van der Waals surface area contributed by atoms with Crippen molar-refractivity contribution in [1.29, 1.82) is 0 Å². The van der Waals surface area contributed by atoms with Gasteiger partial charge in [-0.15, -0.1) is 0 Å². The number of methoxy groups -OCH3 is 1. The van der Waals surface area contributed by atoms with Crippen LogP contribution in [0.5, 0.6) is 5.88 Å². The van der Waals surface area contributed by atoms with Gasteiger partial charge < -0.3 is 15.4 Å². The van der Waals surface area contributed by atoms with Crippen LogP contribution in [-0.4, -0.2) is 19.1 Å². The molecule has 1 heterocycles. The molecule has 2 rings (SSSR count). The number of nitrogens with zero attached hydrogens (tertiary/aromatic N) is 2. The summed E-state index contributed by atoms with van der Waals surface area (Å²) >= 11 is 0. The molecule has 0 saturated heterocycles. The lowest BCUT2D eigenvalue weighted by molar-refractivity contribution is 0.398. The van der Waals surface area contributed by atoms with E-state index >= 15 is 0 Å². The summed E-state index contributed by atoms with van der Waals surface area (Å²) in [5.74, 6) is 0.561. The molecule has 0 fully saturated rings. The van der Waals surface area contributed by atoms with E-state index in [0.717, 1.165) is 0 Å². The van der Waals surface area contributed by atoms with Gasteiger partial charge in [-0.1, -0.05) is 12.1 Å². The maximum atomic E-state index is 13.7. The van der Waals surface area contributed by atoms with Crippen molar-refractivity contribution in [3.05, 3.63) is 42.2 Å². The van der Waals surface area contributed by atoms with Crippen molar-refractivity contribution in [3.8, 4) is 5.88 Å². The van der Waals surface area contributed by atoms with Crippen LogP contribution < -0.4 is 15.4 Å². The van der Waals surface area contributed by atoms with Crippen LogP contribution in [0.3, 0.4) is 0 Å². The molecule has 0 saturated carbocycles. The second kappa shape index (κ2) is 4.91. The topological polar surface area (TPSA) is 51.4 Å². The zero-order valence-electron chi connectivity index (χ0n) is 10.2. The molecule has 0 radical (unpaired) electrons. The maximum Gasteiger partial charge on any atom is 0.215 e. The number of para-hydroxylation sites is 1. The summed E-state index contributed by atoms with van der Waals surface area (Å²) in [6.07, 6.45) is 0. The standard InChI is InChI=1S/C13H14FN3O/c1-17(11-6-4-3-5-9(11)14)13-10(15)7-8-12(16-13)18-2/h3-8H,15H2,1-2H3. The Hall–Kier alpha value is -2.30. The quantitative estimate of drug-likeness (QED) is 0.905. The number of halogens is 1. The first-order valence-corrected chi connectivity index (χ1v) is 5.42. The van der Waals surface area contributed by atoms with Crippen LogP contribution in [-0.2, 0) is 0 Å². The van der Waals surface area contributed by atoms with E-state index in [1.54, 1.807) is 42.3 Å². The highest BCUT2D eigenvalue weighted by molar-refractivity contribution is 5.71. The summed E-state index contributed by atoms with van der Waals surface area (Å²) in [6, 6.07) is 9.78. The number of ether oxygens (including phenoxy) is 1. The molecule has 0 aliphatic carbocycles. The van der Waals surface area contributed by atoms with Gasteiger partial charge in [-0.05, 0) is 18.2 Å². The third kappa shape index (κ3) is 2.20. The lowest BCUT2D eigenvalue weighted by Gasteiger charge is -2.20. The van der Waals surface area contributed by atoms with Crippen LogP contribution in [0.1, 0.15) is 0 Å². The van der Waals surface area contributed by atoms with Crippen LogP contribution >= 0.6 is 0 Å². The molecule has 4 nitrogen and oxygen atoms in total. The van der Waals surface area contributed by atoms with Gasteiger partial charge in [0.2, 0.25) is 5.88 Å². The minimum absolute atomic E-state index is 0.330. The summed E-state index contributed by atoms with van der Waals surface area (Å²) in [5.41, 5.74) is 6.72. The summed E-state index contributed by atoms with van der Waals surface area (Å²) in [6.45, 7) is 0. The summed E-state index contributed by atoms with van der Waals surface area (Å²) < 4.78 is 18.7. The number of hydrogen-bond acceptors (Lipinski definition) is 4. The van der Waals surface area contributed by atoms with E-state index in [0.29, 0.717) is 23.1 Å². The number of hydrogen-bond donors (Lipinski definition) is 1. The Morgan fingerprint density at radius 2 is 1.94 bits per heavy atom. The van der Waals surface area contributed by atoms with Gasteiger partial charge in [0.05, 0.1) is 18.5 Å². The van der Waals surface area contributed by atoms with Crippen molar-refractivity contribution in [3.63, 3.8) is 0 Å². The minimum atomic E-state index is -0.330. The molecule has 0 amide bonds. The smallest absolute Gasteiger partial charge is 0.215 e. The van der Waals surface area contributed by atoms with E-state index in [9.17, 15) is 4.39 Å². The zero-order valence-corrected chi connectivity index (χ0v) is 10.2. The molecule has 0 bridgehead atoms. The molecule has 18 heavy (non-hydrogen) atoms. The SMILES string of the molecule is COc1ccc(N)c(N(C)c2ccccc2F)n1. The molecule has 94 valence electrons. The highest BCUT2D eigenvalue weighted by atomic mass is 19.1. The van der Waals surface area contributed by atoms with Gasteiger partial charge in [-0.2, -0.15) is 4.98 Å². The first-order chi connectivity index (χ1) is 8.63. The summed E-state index contributed by atoms with van der Waals surface area (Å²) in [7, 11) is 3.22. The minimum Gasteiger partial charge on any atom is -0.481 e. The van der Waals surface area contributed by atoms with Crippen molar-refractivity contribution in [2.75, 3.05) is 24.8 Å². The molecule has 1 aromatic carbocycles. The predicted octanol–water partition coefficient (Wildman–Crippen LogP) is 2.58. The number of rotatable bonds is 3. The Morgan fingerprint density at radius 3 is 2.61 bits per heavy atom. The molecule has 0 aliphatic heterocycles. The molecule has 0 aliphatic rings. The monoisotopic (exact) mass is 247 g/mol. The van der Waals surface area contributed by atoms with Crippen molar-refractivity contribution in [2.45, 2.75) is 0 Å². The molecular weight excluding hydrogens is 233 g/mol. The molecule has 0 atom stereocenters. The Bertz CT molecular complexity index is 560. The first-order valence-electron chi connectivity index (χ1n) is 5.42. The molecule has 2 N–H and O–H groups in total. The van der Waals surface area contributed by atoms with Gasteiger partial charge in [0.25, 0.3) is 0 Å². The second-order valence-electron chi connectivity index (χ2n) is 3.78. The van der Waals surface area contributed by atoms with Gasteiger partial charge >= 0.3 is 0 Å². The Labute approximate surface area is 105 Å². The fourth-order valence-corrected chi connectivity index (χ4v) is 1.66. The number of nitrogens with two attached hydrogens (primary N) is 1. The van der Waals surface area contributed by atoms with E-state index in [2.05, 4.69) is 4.98 Å². The van der Waals surface area contributed by atoms with Crippen molar-refractivity contribution in [2.24, 2.45) is 0 Å². The van der Waals surface area contributed by atoms with Gasteiger partial charge in [0.1, 0.15) is 5.82 Å². The van der Waals surface area contributed by atoms with E-state index in [-0.39, 0.29) is 5.82 Å². The third-order valence-electron chi connectivity index (χ3n) is 2.62. The van der Waals surface area contributed by atoms with Crippen molar-refractivity contribution in [1.82, 2.24) is 4.98 Å². The predicted molar refractivity (Wildman–Crippen MR) is 69.7 cm³/mol. The first kappa shape index (κ1) is 12.2. The average molecular weight is 247 g/mol. The van der Waals surface area contributed by atoms with Crippen LogP contribution in [0.2, 0.25) is 0 Å². The fourth-order valence-electron chi connectivity index (χ4n) is 1.66. The van der Waals surface area contributed by atoms with Crippen LogP contribution in [0.15, 0.2) is 36.4 Å². The third-order valence-corrected chi connectivity index (χ3v) is 2.62. The summed E-state index contributed by atoms with van der Waals surface area (Å²) in [4.78, 5) is 5.81. The fraction of sp³-hybridized carbons (Fsp3) is 0.154. The maximum absolute atomic E-state index is 13.7. The van der Waals surface area contributed by atoms with Crippen LogP contribution in [0, 0.1) is 5.82 Å². The van der Waals surface area contributed by atoms with E-state index < -0.39 is 0 Å². The number of benzene rings is 1. The lowest BCUT2D eigenvalue weighted by atomic mass is 10.2. The molecule has 0 spiro atoms. The highest BCUT2D eigenvalue weighted by Gasteiger charge is 2.13. The van der Waals surface area contributed by atoms with E-state index in [1.165, 1.54) is 13.2 Å². The van der Waals surface area contributed by atoms with Gasteiger partial charge in [-0.3, -0.25) is 0 Å². The molecule has 0 unspecified atom stereocenters. The van der Waals surface area contributed by atoms with Gasteiger partial charge in [0.15, 0.2) is 5.82 Å². The Morgan fingerprint density at radius 1 is 1.22 bits per heavy atom. The normalized spacial score (nSPS) is 10.2. The average Bonchev–Trinajstić information content (AvgIpc) is 2.39. The Balaban J connectivity index is 2.45. The number of aromatic nitrogens is 1. The molecular formula is C13H14FN3O. The summed E-state index contributed by atoms with van der Waals surface area (Å²) in [5, 5.41) is 0. The second-order valence-corrected chi connectivity index (χ2v) is 3.78. The number of nitrogen functional groups attached to an aromatic ring is 1. The zero-order chi connectivity index (χ0) is 13.1. The van der Waals surface area contributed by atoms with E-state index in [4.69, 9.17) is 10.5 Å². The largest absolute Gasteiger partial charge is 0.481 e. The molecule has 2 aromatic rings. The van der Waals surface area contributed by atoms with Gasteiger partial charge in [0, 0.05) is 13.1 Å². The van der Waals surface area contributed by atoms with Crippen LogP contribution in [0.25, 0.3) is 0 Å². The molecule has 1 aromatic heterocycles. The van der Waals surface area contributed by atoms with Crippen molar-refractivity contribution < 1.29 is 9.13 Å². The highest BCUT2D eigenvalue weighted by Crippen LogP contribution is 2.30. The van der Waals surface area contributed by atoms with Gasteiger partial charge in [-0.25, -0.2) is 4.39 Å². The Kier molecular flexibility index (Phi) is 3.32. The number of pyridine rings is 1. The van der Waals surface area contributed by atoms with Crippen LogP contribution in [0.4, 0.5) is 21.6 Å². The molecule has 5 heteroatoms. The lowest BCUT2D eigenvalue weighted by Crippen LogP contribution is -2.15. The van der Waals surface area contributed by atoms with E-state index in [1.807, 2.05) is 0 Å². The number of anilines is 3.